The van der Waals surface area contributed by atoms with E-state index in [1.54, 1.807) is 0 Å². The SMILES string of the molecule is Nc1nc2c(ncn2[C@@H]2O[C@H](CO)C(CF)[C@H]2O)c(=O)[nH]1. The number of aromatic amines is 1. The number of nitrogens with one attached hydrogen (secondary N) is 1. The van der Waals surface area contributed by atoms with Crippen molar-refractivity contribution in [3.05, 3.63) is 16.7 Å². The Bertz CT molecular complexity index is 716. The van der Waals surface area contributed by atoms with Crippen molar-refractivity contribution in [3.8, 4) is 0 Å². The monoisotopic (exact) mass is 299 g/mol. The predicted molar refractivity (Wildman–Crippen MR) is 69.0 cm³/mol. The third kappa shape index (κ3) is 2.07. The molecule has 3 rings (SSSR count). The first-order valence-electron chi connectivity index (χ1n) is 6.29. The Hall–Kier alpha value is -2.04. The Morgan fingerprint density at radius 3 is 2.95 bits per heavy atom. The van der Waals surface area contributed by atoms with Crippen molar-refractivity contribution >= 4 is 17.1 Å². The molecule has 10 heteroatoms. The molecule has 1 saturated heterocycles. The second-order valence-corrected chi connectivity index (χ2v) is 4.83. The number of hydrogen-bond acceptors (Lipinski definition) is 7. The molecule has 5 N–H and O–H groups in total. The fourth-order valence-electron chi connectivity index (χ4n) is 2.52. The number of hydrogen-bond donors (Lipinski definition) is 4. The number of aliphatic hydroxyl groups is 2. The Balaban J connectivity index is 2.07. The molecule has 0 aromatic carbocycles. The van der Waals surface area contributed by atoms with Crippen LogP contribution in [0, 0.1) is 5.92 Å². The Morgan fingerprint density at radius 2 is 2.33 bits per heavy atom. The summed E-state index contributed by atoms with van der Waals surface area (Å²) in [6.45, 7) is -1.27. The molecule has 2 aromatic heterocycles. The van der Waals surface area contributed by atoms with E-state index >= 15 is 0 Å². The van der Waals surface area contributed by atoms with E-state index in [2.05, 4.69) is 15.0 Å². The van der Waals surface area contributed by atoms with Crippen molar-refractivity contribution in [2.75, 3.05) is 19.0 Å². The van der Waals surface area contributed by atoms with Crippen LogP contribution in [-0.4, -0.2) is 55.2 Å². The standard InChI is InChI=1S/C11H14FN5O4/c12-1-4-5(2-18)21-10(7(4)19)17-3-14-6-8(17)15-11(13)16-9(6)20/h3-5,7,10,18-19H,1-2H2,(H3,13,15,16,20)/t4?,5-,7-,10-/m1/s1. The predicted octanol–water partition coefficient (Wildman–Crippen LogP) is -1.46. The van der Waals surface area contributed by atoms with E-state index in [0.717, 1.165) is 0 Å². The largest absolute Gasteiger partial charge is 0.394 e. The van der Waals surface area contributed by atoms with Crippen LogP contribution in [0.25, 0.3) is 11.2 Å². The number of aromatic nitrogens is 4. The summed E-state index contributed by atoms with van der Waals surface area (Å²) >= 11 is 0. The second kappa shape index (κ2) is 5.06. The molecule has 9 nitrogen and oxygen atoms in total. The van der Waals surface area contributed by atoms with Gasteiger partial charge in [0.2, 0.25) is 5.95 Å². The van der Waals surface area contributed by atoms with E-state index in [-0.39, 0.29) is 17.1 Å². The summed E-state index contributed by atoms with van der Waals surface area (Å²) in [5.41, 5.74) is 5.11. The van der Waals surface area contributed by atoms with Gasteiger partial charge in [0.15, 0.2) is 17.4 Å². The molecule has 1 aliphatic rings. The number of imidazole rings is 1. The molecular weight excluding hydrogens is 285 g/mol. The molecule has 1 aliphatic heterocycles. The lowest BCUT2D eigenvalue weighted by atomic mass is 10.0. The van der Waals surface area contributed by atoms with Crippen molar-refractivity contribution in [2.45, 2.75) is 18.4 Å². The number of halogens is 1. The van der Waals surface area contributed by atoms with Crippen molar-refractivity contribution in [2.24, 2.45) is 5.92 Å². The van der Waals surface area contributed by atoms with Gasteiger partial charge in [0.1, 0.15) is 6.10 Å². The highest BCUT2D eigenvalue weighted by molar-refractivity contribution is 5.70. The van der Waals surface area contributed by atoms with Gasteiger partial charge in [0, 0.05) is 5.92 Å². The first kappa shape index (κ1) is 13.9. The lowest BCUT2D eigenvalue weighted by molar-refractivity contribution is -0.0494. The van der Waals surface area contributed by atoms with Gasteiger partial charge in [0.05, 0.1) is 25.7 Å². The van der Waals surface area contributed by atoms with Gasteiger partial charge in [-0.2, -0.15) is 4.98 Å². The molecule has 0 saturated carbocycles. The van der Waals surface area contributed by atoms with Crippen molar-refractivity contribution in [1.82, 2.24) is 19.5 Å². The summed E-state index contributed by atoms with van der Waals surface area (Å²) in [5.74, 6) is -0.973. The van der Waals surface area contributed by atoms with Gasteiger partial charge in [-0.15, -0.1) is 0 Å². The van der Waals surface area contributed by atoms with E-state index in [9.17, 15) is 19.4 Å². The zero-order chi connectivity index (χ0) is 15.1. The molecular formula is C11H14FN5O4. The lowest BCUT2D eigenvalue weighted by Gasteiger charge is -2.17. The maximum absolute atomic E-state index is 13.0. The third-order valence-electron chi connectivity index (χ3n) is 3.61. The molecule has 3 heterocycles. The topological polar surface area (TPSA) is 139 Å². The van der Waals surface area contributed by atoms with Gasteiger partial charge in [-0.25, -0.2) is 4.98 Å². The number of nitrogens with two attached hydrogens (primary N) is 1. The molecule has 0 spiro atoms. The molecule has 0 aliphatic carbocycles. The molecule has 2 aromatic rings. The summed E-state index contributed by atoms with van der Waals surface area (Å²) in [5, 5.41) is 19.3. The minimum absolute atomic E-state index is 0.0317. The molecule has 0 bridgehead atoms. The number of rotatable bonds is 3. The summed E-state index contributed by atoms with van der Waals surface area (Å²) in [6, 6.07) is 0. The summed E-state index contributed by atoms with van der Waals surface area (Å²) in [6.07, 6.45) is -1.78. The minimum atomic E-state index is -1.20. The zero-order valence-electron chi connectivity index (χ0n) is 10.8. The first-order valence-corrected chi connectivity index (χ1v) is 6.29. The second-order valence-electron chi connectivity index (χ2n) is 4.83. The number of aliphatic hydroxyl groups excluding tert-OH is 2. The number of anilines is 1. The first-order chi connectivity index (χ1) is 10.1. The number of ether oxygens (including phenoxy) is 1. The van der Waals surface area contributed by atoms with Crippen LogP contribution in [0.4, 0.5) is 10.3 Å². The van der Waals surface area contributed by atoms with E-state index in [1.807, 2.05) is 0 Å². The number of alkyl halides is 1. The van der Waals surface area contributed by atoms with Crippen LogP contribution in [-0.2, 0) is 4.74 Å². The smallest absolute Gasteiger partial charge is 0.280 e. The van der Waals surface area contributed by atoms with Gasteiger partial charge in [-0.3, -0.25) is 18.7 Å². The summed E-state index contributed by atoms with van der Waals surface area (Å²) in [4.78, 5) is 21.8. The quantitative estimate of drug-likeness (QED) is 0.543. The Labute approximate surface area is 117 Å². The Kier molecular flexibility index (Phi) is 3.35. The van der Waals surface area contributed by atoms with Crippen LogP contribution in [0.2, 0.25) is 0 Å². The molecule has 1 unspecified atom stereocenters. The van der Waals surface area contributed by atoms with Crippen molar-refractivity contribution in [1.29, 1.82) is 0 Å². The minimum Gasteiger partial charge on any atom is -0.394 e. The van der Waals surface area contributed by atoms with Gasteiger partial charge in [0.25, 0.3) is 5.56 Å². The van der Waals surface area contributed by atoms with Gasteiger partial charge >= 0.3 is 0 Å². The highest BCUT2D eigenvalue weighted by Gasteiger charge is 2.44. The van der Waals surface area contributed by atoms with Crippen molar-refractivity contribution < 1.29 is 19.3 Å². The molecule has 114 valence electrons. The summed E-state index contributed by atoms with van der Waals surface area (Å²) < 4.78 is 19.7. The van der Waals surface area contributed by atoms with E-state index in [0.29, 0.717) is 0 Å². The van der Waals surface area contributed by atoms with Gasteiger partial charge < -0.3 is 20.7 Å². The van der Waals surface area contributed by atoms with Crippen LogP contribution >= 0.6 is 0 Å². The normalized spacial score (nSPS) is 29.3. The van der Waals surface area contributed by atoms with Crippen LogP contribution in [0.5, 0.6) is 0 Å². The van der Waals surface area contributed by atoms with E-state index in [1.165, 1.54) is 10.9 Å². The fraction of sp³-hybridized carbons (Fsp3) is 0.545. The molecule has 1 fully saturated rings. The molecule has 0 amide bonds. The molecule has 21 heavy (non-hydrogen) atoms. The van der Waals surface area contributed by atoms with Crippen LogP contribution < -0.4 is 11.3 Å². The van der Waals surface area contributed by atoms with E-state index in [4.69, 9.17) is 10.5 Å². The number of nitrogens with zero attached hydrogens (tertiary/aromatic N) is 3. The fourth-order valence-corrected chi connectivity index (χ4v) is 2.52. The number of nitrogen functional groups attached to an aromatic ring is 1. The molecule has 0 radical (unpaired) electrons. The van der Waals surface area contributed by atoms with Crippen LogP contribution in [0.3, 0.4) is 0 Å². The third-order valence-corrected chi connectivity index (χ3v) is 3.61. The molecule has 4 atom stereocenters. The van der Waals surface area contributed by atoms with Gasteiger partial charge in [-0.05, 0) is 0 Å². The lowest BCUT2D eigenvalue weighted by Crippen LogP contribution is -2.29. The number of H-pyrrole nitrogens is 1. The van der Waals surface area contributed by atoms with E-state index < -0.39 is 43.2 Å². The maximum atomic E-state index is 13.0. The summed E-state index contributed by atoms with van der Waals surface area (Å²) in [7, 11) is 0. The van der Waals surface area contributed by atoms with Crippen LogP contribution in [0.1, 0.15) is 6.23 Å². The Morgan fingerprint density at radius 1 is 1.57 bits per heavy atom. The average molecular weight is 299 g/mol. The average Bonchev–Trinajstić information content (AvgIpc) is 2.99. The maximum Gasteiger partial charge on any atom is 0.280 e. The number of fused-ring (bicyclic) bond motifs is 1. The highest BCUT2D eigenvalue weighted by Crippen LogP contribution is 2.35. The highest BCUT2D eigenvalue weighted by atomic mass is 19.1. The van der Waals surface area contributed by atoms with Crippen LogP contribution in [0.15, 0.2) is 11.1 Å². The zero-order valence-corrected chi connectivity index (χ0v) is 10.8. The van der Waals surface area contributed by atoms with Crippen molar-refractivity contribution in [3.63, 3.8) is 0 Å². The van der Waals surface area contributed by atoms with Gasteiger partial charge in [-0.1, -0.05) is 0 Å².